The summed E-state index contributed by atoms with van der Waals surface area (Å²) in [4.78, 5) is 38.8. The van der Waals surface area contributed by atoms with Crippen LogP contribution >= 0.6 is 0 Å². The molecule has 11 heteroatoms. The van der Waals surface area contributed by atoms with Crippen molar-refractivity contribution < 1.29 is 28.2 Å². The number of nitrogens with one attached hydrogen (secondary N) is 1. The highest BCUT2D eigenvalue weighted by molar-refractivity contribution is 6.03. The van der Waals surface area contributed by atoms with Gasteiger partial charge in [-0.25, -0.2) is 14.0 Å². The standard InChI is InChI=1S/C28H30FN3O7/c29-19-4-1-17(2-5-19)7-10-31-11-8-20(9-12-31)32-23-13-18(14-24(35)30-15-21(34)16-33)3-6-22(23)25-26(32)39-28(37)27(36)38-25/h1-6,13,20-21,33-34H,7-12,14-16H2,(H,30,35). The Labute approximate surface area is 222 Å². The van der Waals surface area contributed by atoms with E-state index in [1.54, 1.807) is 24.3 Å². The highest BCUT2D eigenvalue weighted by Gasteiger charge is 2.27. The van der Waals surface area contributed by atoms with Crippen molar-refractivity contribution in [3.63, 3.8) is 0 Å². The first-order valence-corrected chi connectivity index (χ1v) is 13.0. The quantitative estimate of drug-likeness (QED) is 0.274. The van der Waals surface area contributed by atoms with Gasteiger partial charge in [-0.1, -0.05) is 18.2 Å². The molecule has 206 valence electrons. The van der Waals surface area contributed by atoms with E-state index in [0.717, 1.165) is 44.5 Å². The predicted molar refractivity (Wildman–Crippen MR) is 141 cm³/mol. The van der Waals surface area contributed by atoms with E-state index in [9.17, 15) is 23.9 Å². The largest absolute Gasteiger partial charge is 0.424 e. The summed E-state index contributed by atoms with van der Waals surface area (Å²) >= 11 is 0. The number of hydrogen-bond acceptors (Lipinski definition) is 8. The van der Waals surface area contributed by atoms with Crippen LogP contribution in [0.3, 0.4) is 0 Å². The van der Waals surface area contributed by atoms with Gasteiger partial charge in [0.2, 0.25) is 17.2 Å². The van der Waals surface area contributed by atoms with E-state index in [1.165, 1.54) is 12.1 Å². The summed E-state index contributed by atoms with van der Waals surface area (Å²) in [6.45, 7) is 1.91. The third-order valence-electron chi connectivity index (χ3n) is 7.19. The molecule has 0 bridgehead atoms. The lowest BCUT2D eigenvalue weighted by atomic mass is 10.0. The van der Waals surface area contributed by atoms with Crippen LogP contribution < -0.4 is 16.6 Å². The van der Waals surface area contributed by atoms with E-state index < -0.39 is 24.0 Å². The average Bonchev–Trinajstić information content (AvgIpc) is 3.24. The Balaban J connectivity index is 1.38. The van der Waals surface area contributed by atoms with Gasteiger partial charge in [-0.2, -0.15) is 0 Å². The molecule has 1 fully saturated rings. The average molecular weight is 540 g/mol. The zero-order valence-electron chi connectivity index (χ0n) is 21.3. The smallest absolute Gasteiger partial charge is 0.412 e. The fraction of sp³-hybridized carbons (Fsp3) is 0.393. The number of aromatic nitrogens is 1. The SMILES string of the molecule is O=C(Cc1ccc2c3oc(=O)c(=O)oc3n(C3CCN(CCc4ccc(F)cc4)CC3)c2c1)NCC(O)CO. The second-order valence-electron chi connectivity index (χ2n) is 9.90. The van der Waals surface area contributed by atoms with Gasteiger partial charge >= 0.3 is 11.3 Å². The van der Waals surface area contributed by atoms with Gasteiger partial charge in [-0.3, -0.25) is 4.79 Å². The maximum absolute atomic E-state index is 13.2. The molecule has 3 heterocycles. The summed E-state index contributed by atoms with van der Waals surface area (Å²) < 4.78 is 25.9. The molecule has 39 heavy (non-hydrogen) atoms. The number of aliphatic hydroxyl groups is 2. The van der Waals surface area contributed by atoms with E-state index in [-0.39, 0.29) is 42.0 Å². The molecule has 4 aromatic rings. The third-order valence-corrected chi connectivity index (χ3v) is 7.19. The Kier molecular flexibility index (Phi) is 7.92. The Morgan fingerprint density at radius 1 is 1.05 bits per heavy atom. The van der Waals surface area contributed by atoms with Crippen LogP contribution in [-0.2, 0) is 17.6 Å². The maximum atomic E-state index is 13.2. The van der Waals surface area contributed by atoms with Crippen molar-refractivity contribution in [2.75, 3.05) is 32.8 Å². The normalized spacial score (nSPS) is 15.7. The van der Waals surface area contributed by atoms with Crippen molar-refractivity contribution in [2.45, 2.75) is 37.8 Å². The Morgan fingerprint density at radius 2 is 1.74 bits per heavy atom. The van der Waals surface area contributed by atoms with Gasteiger partial charge in [0.1, 0.15) is 5.82 Å². The molecule has 2 aromatic heterocycles. The highest BCUT2D eigenvalue weighted by Crippen LogP contribution is 2.35. The molecule has 1 atom stereocenters. The van der Waals surface area contributed by atoms with Crippen molar-refractivity contribution in [2.24, 2.45) is 0 Å². The number of carbonyl (C=O) groups is 1. The van der Waals surface area contributed by atoms with Gasteiger partial charge in [0.15, 0.2) is 0 Å². The molecule has 0 saturated carbocycles. The lowest BCUT2D eigenvalue weighted by Gasteiger charge is -2.33. The molecule has 0 spiro atoms. The van der Waals surface area contributed by atoms with Crippen LogP contribution in [0.5, 0.6) is 0 Å². The minimum absolute atomic E-state index is 0.0331. The second-order valence-corrected chi connectivity index (χ2v) is 9.90. The van der Waals surface area contributed by atoms with Crippen LogP contribution in [0.2, 0.25) is 0 Å². The number of benzene rings is 2. The van der Waals surface area contributed by atoms with Gasteiger partial charge in [0.25, 0.3) is 0 Å². The van der Waals surface area contributed by atoms with Crippen LogP contribution in [0.25, 0.3) is 22.2 Å². The second kappa shape index (κ2) is 11.5. The summed E-state index contributed by atoms with van der Waals surface area (Å²) in [5.74, 6) is -0.574. The third kappa shape index (κ3) is 5.95. The number of halogens is 1. The van der Waals surface area contributed by atoms with E-state index >= 15 is 0 Å². The van der Waals surface area contributed by atoms with Crippen molar-refractivity contribution in [1.29, 1.82) is 0 Å². The number of nitrogens with zero attached hydrogens (tertiary/aromatic N) is 2. The molecule has 1 unspecified atom stereocenters. The number of amides is 1. The summed E-state index contributed by atoms with van der Waals surface area (Å²) in [7, 11) is 0. The van der Waals surface area contributed by atoms with E-state index in [0.29, 0.717) is 16.5 Å². The Bertz CT molecular complexity index is 1580. The lowest BCUT2D eigenvalue weighted by Crippen LogP contribution is -2.36. The molecule has 3 N–H and O–H groups in total. The van der Waals surface area contributed by atoms with E-state index in [2.05, 4.69) is 10.2 Å². The van der Waals surface area contributed by atoms with Crippen molar-refractivity contribution in [3.8, 4) is 0 Å². The minimum Gasteiger partial charge on any atom is -0.412 e. The molecule has 0 radical (unpaired) electrons. The number of piperidine rings is 1. The summed E-state index contributed by atoms with van der Waals surface area (Å²) in [5.41, 5.74) is 0.660. The zero-order chi connectivity index (χ0) is 27.5. The number of carbonyl (C=O) groups excluding carboxylic acids is 1. The number of aliphatic hydroxyl groups excluding tert-OH is 2. The number of fused-ring (bicyclic) bond motifs is 3. The first-order chi connectivity index (χ1) is 18.8. The molecule has 2 aromatic carbocycles. The molecule has 10 nitrogen and oxygen atoms in total. The summed E-state index contributed by atoms with van der Waals surface area (Å²) in [6.07, 6.45) is 1.32. The first-order valence-electron chi connectivity index (χ1n) is 13.0. The van der Waals surface area contributed by atoms with Gasteiger partial charge in [-0.05, 0) is 54.7 Å². The van der Waals surface area contributed by atoms with E-state index in [4.69, 9.17) is 13.9 Å². The Morgan fingerprint density at radius 3 is 2.46 bits per heavy atom. The molecule has 1 aliphatic heterocycles. The van der Waals surface area contributed by atoms with Crippen molar-refractivity contribution >= 4 is 28.1 Å². The molecule has 1 aliphatic rings. The summed E-state index contributed by atoms with van der Waals surface area (Å²) in [6, 6.07) is 11.8. The van der Waals surface area contributed by atoms with Gasteiger partial charge < -0.3 is 33.8 Å². The molecule has 5 rings (SSSR count). The predicted octanol–water partition coefficient (Wildman–Crippen LogP) is 1.73. The van der Waals surface area contributed by atoms with Crippen LogP contribution in [0.15, 0.2) is 60.9 Å². The first kappa shape index (κ1) is 26.8. The van der Waals surface area contributed by atoms with Crippen LogP contribution in [0.4, 0.5) is 4.39 Å². The Hall–Kier alpha value is -3.80. The molecular formula is C28H30FN3O7. The molecule has 0 aliphatic carbocycles. The fourth-order valence-corrected chi connectivity index (χ4v) is 5.12. The van der Waals surface area contributed by atoms with Gasteiger partial charge in [0.05, 0.1) is 24.6 Å². The van der Waals surface area contributed by atoms with Crippen LogP contribution in [-0.4, -0.2) is 64.5 Å². The number of hydrogen-bond donors (Lipinski definition) is 3. The van der Waals surface area contributed by atoms with Crippen molar-refractivity contribution in [3.05, 3.63) is 80.2 Å². The maximum Gasteiger partial charge on any atom is 0.424 e. The fourth-order valence-electron chi connectivity index (χ4n) is 5.12. The van der Waals surface area contributed by atoms with Crippen LogP contribution in [0, 0.1) is 5.82 Å². The number of rotatable bonds is 9. The molecule has 1 amide bonds. The highest BCUT2D eigenvalue weighted by atomic mass is 19.1. The number of likely N-dealkylation sites (tertiary alicyclic amines) is 1. The zero-order valence-corrected chi connectivity index (χ0v) is 21.3. The van der Waals surface area contributed by atoms with Crippen molar-refractivity contribution in [1.82, 2.24) is 14.8 Å². The molecule has 1 saturated heterocycles. The minimum atomic E-state index is -1.08. The van der Waals surface area contributed by atoms with Crippen LogP contribution in [0.1, 0.15) is 30.0 Å². The van der Waals surface area contributed by atoms with Gasteiger partial charge in [-0.15, -0.1) is 0 Å². The van der Waals surface area contributed by atoms with E-state index in [1.807, 2.05) is 10.6 Å². The molecular weight excluding hydrogens is 509 g/mol. The van der Waals surface area contributed by atoms with Gasteiger partial charge in [0, 0.05) is 37.6 Å². The topological polar surface area (TPSA) is 138 Å². The monoisotopic (exact) mass is 539 g/mol. The summed E-state index contributed by atoms with van der Waals surface area (Å²) in [5, 5.41) is 21.6. The lowest BCUT2D eigenvalue weighted by molar-refractivity contribution is -0.121.